The van der Waals surface area contributed by atoms with Gasteiger partial charge >= 0.3 is 0 Å². The summed E-state index contributed by atoms with van der Waals surface area (Å²) in [6.07, 6.45) is 13.2. The maximum atomic E-state index is 5.94. The highest BCUT2D eigenvalue weighted by molar-refractivity contribution is 5.01. The molecule has 0 bridgehead atoms. The fraction of sp³-hybridized carbons (Fsp3) is 0.800. The second-order valence-electron chi connectivity index (χ2n) is 6.02. The molecule has 3 rings (SSSR count). The second kappa shape index (κ2) is 6.53. The molecule has 2 fully saturated rings. The van der Waals surface area contributed by atoms with Gasteiger partial charge < -0.3 is 15.0 Å². The van der Waals surface area contributed by atoms with E-state index in [1.165, 1.54) is 45.1 Å². The number of hydrogen-bond donors (Lipinski definition) is 2. The van der Waals surface area contributed by atoms with Gasteiger partial charge in [0.05, 0.1) is 30.9 Å². The first-order chi connectivity index (χ1) is 9.42. The van der Waals surface area contributed by atoms with Gasteiger partial charge in [-0.2, -0.15) is 0 Å². The molecule has 19 heavy (non-hydrogen) atoms. The Bertz CT molecular complexity index is 351. The van der Waals surface area contributed by atoms with E-state index in [1.807, 2.05) is 6.20 Å². The zero-order valence-corrected chi connectivity index (χ0v) is 11.6. The quantitative estimate of drug-likeness (QED) is 0.878. The Balaban J connectivity index is 1.38. The number of nitrogens with zero attached hydrogens (tertiary/aromatic N) is 1. The van der Waals surface area contributed by atoms with E-state index >= 15 is 0 Å². The minimum absolute atomic E-state index is 0.218. The molecule has 1 aliphatic heterocycles. The van der Waals surface area contributed by atoms with Crippen molar-refractivity contribution in [3.8, 4) is 0 Å². The molecule has 0 unspecified atom stereocenters. The number of ether oxygens (including phenoxy) is 1. The zero-order chi connectivity index (χ0) is 12.9. The Morgan fingerprint density at radius 3 is 2.79 bits per heavy atom. The molecule has 1 saturated heterocycles. The van der Waals surface area contributed by atoms with Crippen molar-refractivity contribution < 1.29 is 4.74 Å². The Morgan fingerprint density at radius 1 is 1.21 bits per heavy atom. The summed E-state index contributed by atoms with van der Waals surface area (Å²) < 4.78 is 5.94. The van der Waals surface area contributed by atoms with E-state index in [2.05, 4.69) is 15.3 Å². The van der Waals surface area contributed by atoms with E-state index in [-0.39, 0.29) is 6.10 Å². The summed E-state index contributed by atoms with van der Waals surface area (Å²) in [5.74, 6) is 0.902. The molecule has 1 aromatic heterocycles. The Hall–Kier alpha value is -0.870. The van der Waals surface area contributed by atoms with Crippen molar-refractivity contribution in [1.82, 2.24) is 15.3 Å². The highest BCUT2D eigenvalue weighted by Crippen LogP contribution is 2.27. The fourth-order valence-electron chi connectivity index (χ4n) is 3.33. The van der Waals surface area contributed by atoms with Crippen LogP contribution in [0, 0.1) is 5.92 Å². The van der Waals surface area contributed by atoms with Crippen molar-refractivity contribution >= 4 is 0 Å². The van der Waals surface area contributed by atoms with E-state index in [1.54, 1.807) is 6.33 Å². The van der Waals surface area contributed by atoms with Gasteiger partial charge in [0.1, 0.15) is 0 Å². The monoisotopic (exact) mass is 263 g/mol. The molecule has 1 saturated carbocycles. The second-order valence-corrected chi connectivity index (χ2v) is 6.02. The van der Waals surface area contributed by atoms with Crippen LogP contribution < -0.4 is 5.32 Å². The summed E-state index contributed by atoms with van der Waals surface area (Å²) in [4.78, 5) is 7.21. The van der Waals surface area contributed by atoms with Crippen LogP contribution in [0.25, 0.3) is 0 Å². The molecule has 0 aromatic carbocycles. The normalized spacial score (nSPS) is 29.5. The lowest BCUT2D eigenvalue weighted by molar-refractivity contribution is -0.00710. The lowest BCUT2D eigenvalue weighted by Crippen LogP contribution is -2.40. The lowest BCUT2D eigenvalue weighted by Gasteiger charge is -2.31. The van der Waals surface area contributed by atoms with E-state index in [0.717, 1.165) is 24.6 Å². The number of imidazole rings is 1. The van der Waals surface area contributed by atoms with Gasteiger partial charge in [0, 0.05) is 6.04 Å². The number of nitrogens with one attached hydrogen (secondary N) is 2. The van der Waals surface area contributed by atoms with Crippen molar-refractivity contribution in [1.29, 1.82) is 0 Å². The van der Waals surface area contributed by atoms with Crippen LogP contribution in [-0.2, 0) is 4.74 Å². The van der Waals surface area contributed by atoms with Crippen LogP contribution in [0.5, 0.6) is 0 Å². The van der Waals surface area contributed by atoms with Crippen LogP contribution in [0.3, 0.4) is 0 Å². The molecule has 2 N–H and O–H groups in total. The molecule has 106 valence electrons. The van der Waals surface area contributed by atoms with Crippen molar-refractivity contribution in [3.05, 3.63) is 18.2 Å². The Morgan fingerprint density at radius 2 is 2.11 bits per heavy atom. The summed E-state index contributed by atoms with van der Waals surface area (Å²) in [5.41, 5.74) is 1.12. The first-order valence-corrected chi connectivity index (χ1v) is 7.75. The lowest BCUT2D eigenvalue weighted by atomic mass is 9.89. The highest BCUT2D eigenvalue weighted by atomic mass is 16.5. The number of rotatable bonds is 4. The zero-order valence-electron chi connectivity index (χ0n) is 11.6. The molecule has 1 aromatic rings. The Kier molecular flexibility index (Phi) is 4.51. The van der Waals surface area contributed by atoms with Gasteiger partial charge in [0.15, 0.2) is 0 Å². The molecule has 2 atom stereocenters. The molecule has 4 heteroatoms. The van der Waals surface area contributed by atoms with E-state index < -0.39 is 0 Å². The molecule has 4 nitrogen and oxygen atoms in total. The summed E-state index contributed by atoms with van der Waals surface area (Å²) in [7, 11) is 0. The third kappa shape index (κ3) is 3.57. The van der Waals surface area contributed by atoms with Crippen LogP contribution >= 0.6 is 0 Å². The molecular formula is C15H25N3O. The van der Waals surface area contributed by atoms with Gasteiger partial charge in [0.25, 0.3) is 0 Å². The van der Waals surface area contributed by atoms with Gasteiger partial charge in [-0.25, -0.2) is 4.98 Å². The largest absolute Gasteiger partial charge is 0.370 e. The number of aromatic nitrogens is 2. The third-order valence-electron chi connectivity index (χ3n) is 4.56. The Labute approximate surface area is 115 Å². The molecular weight excluding hydrogens is 238 g/mol. The van der Waals surface area contributed by atoms with Gasteiger partial charge in [-0.05, 0) is 38.1 Å². The van der Waals surface area contributed by atoms with E-state index in [0.29, 0.717) is 6.04 Å². The summed E-state index contributed by atoms with van der Waals surface area (Å²) >= 11 is 0. The SMILES string of the molecule is c1ncc([C@@H]2CC[C@@H](NCC3CCCCC3)CO2)[nH]1. The fourth-order valence-corrected chi connectivity index (χ4v) is 3.33. The van der Waals surface area contributed by atoms with Crippen molar-refractivity contribution in [2.75, 3.05) is 13.2 Å². The summed E-state index contributed by atoms with van der Waals surface area (Å²) in [5, 5.41) is 3.71. The molecule has 0 amide bonds. The first-order valence-electron chi connectivity index (χ1n) is 7.75. The predicted octanol–water partition coefficient (Wildman–Crippen LogP) is 2.80. The highest BCUT2D eigenvalue weighted by Gasteiger charge is 2.24. The average Bonchev–Trinajstić information content (AvgIpc) is 3.01. The van der Waals surface area contributed by atoms with Crippen molar-refractivity contribution in [3.63, 3.8) is 0 Å². The van der Waals surface area contributed by atoms with E-state index in [4.69, 9.17) is 4.74 Å². The predicted molar refractivity (Wildman–Crippen MR) is 74.9 cm³/mol. The smallest absolute Gasteiger partial charge is 0.0989 e. The molecule has 2 aliphatic rings. The van der Waals surface area contributed by atoms with Crippen LogP contribution in [0.2, 0.25) is 0 Å². The van der Waals surface area contributed by atoms with Gasteiger partial charge in [-0.15, -0.1) is 0 Å². The summed E-state index contributed by atoms with van der Waals surface area (Å²) in [6.45, 7) is 2.01. The maximum Gasteiger partial charge on any atom is 0.0989 e. The van der Waals surface area contributed by atoms with Gasteiger partial charge in [-0.3, -0.25) is 0 Å². The minimum Gasteiger partial charge on any atom is -0.370 e. The van der Waals surface area contributed by atoms with Crippen LogP contribution in [0.15, 0.2) is 12.5 Å². The molecule has 2 heterocycles. The third-order valence-corrected chi connectivity index (χ3v) is 4.56. The standard InChI is InChI=1S/C15H25N3O/c1-2-4-12(5-3-1)8-17-13-6-7-15(19-10-13)14-9-16-11-18-14/h9,11-13,15,17H,1-8,10H2,(H,16,18)/t13-,15+/m1/s1. The van der Waals surface area contributed by atoms with Crippen LogP contribution in [0.4, 0.5) is 0 Å². The van der Waals surface area contributed by atoms with Crippen LogP contribution in [-0.4, -0.2) is 29.2 Å². The van der Waals surface area contributed by atoms with E-state index in [9.17, 15) is 0 Å². The number of H-pyrrole nitrogens is 1. The van der Waals surface area contributed by atoms with Crippen molar-refractivity contribution in [2.45, 2.75) is 57.1 Å². The van der Waals surface area contributed by atoms with Crippen molar-refractivity contribution in [2.24, 2.45) is 5.92 Å². The first kappa shape index (κ1) is 13.1. The maximum absolute atomic E-state index is 5.94. The molecule has 0 radical (unpaired) electrons. The molecule has 1 aliphatic carbocycles. The number of aromatic amines is 1. The van der Waals surface area contributed by atoms with Crippen LogP contribution in [0.1, 0.15) is 56.7 Å². The number of hydrogen-bond acceptors (Lipinski definition) is 3. The molecule has 0 spiro atoms. The van der Waals surface area contributed by atoms with Gasteiger partial charge in [0.2, 0.25) is 0 Å². The van der Waals surface area contributed by atoms with Gasteiger partial charge in [-0.1, -0.05) is 19.3 Å². The minimum atomic E-state index is 0.218. The summed E-state index contributed by atoms with van der Waals surface area (Å²) in [6, 6.07) is 0.543. The topological polar surface area (TPSA) is 49.9 Å². The average molecular weight is 263 g/mol.